The minimum atomic E-state index is 0.289. The van der Waals surface area contributed by atoms with Gasteiger partial charge in [0.2, 0.25) is 0 Å². The van der Waals surface area contributed by atoms with Crippen LogP contribution in [0, 0.1) is 11.8 Å². The first-order valence-corrected chi connectivity index (χ1v) is 6.00. The van der Waals surface area contributed by atoms with E-state index in [0.29, 0.717) is 18.0 Å². The van der Waals surface area contributed by atoms with Crippen LogP contribution in [0.25, 0.3) is 0 Å². The fourth-order valence-corrected chi connectivity index (χ4v) is 2.45. The molecule has 0 aromatic rings. The van der Waals surface area contributed by atoms with Crippen molar-refractivity contribution >= 4 is 0 Å². The Hall–Kier alpha value is -0.0800. The molecule has 0 aliphatic heterocycles. The third-order valence-corrected chi connectivity index (χ3v) is 3.37. The van der Waals surface area contributed by atoms with Gasteiger partial charge in [-0.3, -0.25) is 0 Å². The normalized spacial score (nSPS) is 30.6. The topological polar surface area (TPSA) is 32.3 Å². The maximum atomic E-state index is 9.33. The summed E-state index contributed by atoms with van der Waals surface area (Å²) in [6.07, 6.45) is 5.24. The first-order valence-electron chi connectivity index (χ1n) is 6.00. The summed E-state index contributed by atoms with van der Waals surface area (Å²) in [5.74, 6) is 1.59. The van der Waals surface area contributed by atoms with Gasteiger partial charge >= 0.3 is 0 Å². The molecule has 0 heterocycles. The van der Waals surface area contributed by atoms with Crippen molar-refractivity contribution < 1.29 is 5.11 Å². The molecule has 0 bridgehead atoms. The zero-order valence-corrected chi connectivity index (χ0v) is 9.79. The van der Waals surface area contributed by atoms with Gasteiger partial charge in [-0.15, -0.1) is 0 Å². The van der Waals surface area contributed by atoms with Crippen molar-refractivity contribution in [3.63, 3.8) is 0 Å². The average molecular weight is 199 g/mol. The quantitative estimate of drug-likeness (QED) is 0.727. The highest BCUT2D eigenvalue weighted by Gasteiger charge is 2.25. The molecular weight excluding hydrogens is 174 g/mol. The van der Waals surface area contributed by atoms with E-state index in [1.54, 1.807) is 0 Å². The molecule has 14 heavy (non-hydrogen) atoms. The van der Waals surface area contributed by atoms with Crippen LogP contribution in [0.4, 0.5) is 0 Å². The van der Waals surface area contributed by atoms with Crippen LogP contribution >= 0.6 is 0 Å². The van der Waals surface area contributed by atoms with E-state index < -0.39 is 0 Å². The van der Waals surface area contributed by atoms with E-state index in [0.717, 1.165) is 5.92 Å². The number of nitrogens with one attached hydrogen (secondary N) is 1. The smallest absolute Gasteiger partial charge is 0.0587 e. The van der Waals surface area contributed by atoms with Gasteiger partial charge < -0.3 is 10.4 Å². The highest BCUT2D eigenvalue weighted by atomic mass is 16.3. The lowest BCUT2D eigenvalue weighted by Crippen LogP contribution is -2.44. The van der Waals surface area contributed by atoms with E-state index in [1.807, 2.05) is 0 Å². The molecule has 1 atom stereocenters. The predicted octanol–water partition coefficient (Wildman–Crippen LogP) is 2.17. The van der Waals surface area contributed by atoms with Crippen LogP contribution in [0.5, 0.6) is 0 Å². The van der Waals surface area contributed by atoms with E-state index in [-0.39, 0.29) is 6.61 Å². The Bertz CT molecular complexity index is 150. The lowest BCUT2D eigenvalue weighted by molar-refractivity contribution is 0.152. The standard InChI is InChI=1S/C12H25NO/c1-9(2)13-12(8-14)11-6-4-10(3)5-7-11/h9-14H,4-8H2,1-3H3. The molecule has 0 spiro atoms. The second kappa shape index (κ2) is 5.72. The molecule has 2 nitrogen and oxygen atoms in total. The van der Waals surface area contributed by atoms with Gasteiger partial charge in [-0.05, 0) is 24.7 Å². The van der Waals surface area contributed by atoms with Crippen LogP contribution in [-0.2, 0) is 0 Å². The third kappa shape index (κ3) is 3.58. The largest absolute Gasteiger partial charge is 0.395 e. The van der Waals surface area contributed by atoms with Crippen molar-refractivity contribution in [2.75, 3.05) is 6.61 Å². The predicted molar refractivity (Wildman–Crippen MR) is 60.3 cm³/mol. The molecule has 1 unspecified atom stereocenters. The molecule has 1 fully saturated rings. The molecule has 0 radical (unpaired) electrons. The van der Waals surface area contributed by atoms with Crippen LogP contribution in [0.2, 0.25) is 0 Å². The number of rotatable bonds is 4. The number of hydrogen-bond acceptors (Lipinski definition) is 2. The summed E-state index contributed by atoms with van der Waals surface area (Å²) < 4.78 is 0. The van der Waals surface area contributed by atoms with E-state index >= 15 is 0 Å². The van der Waals surface area contributed by atoms with Crippen LogP contribution in [0.3, 0.4) is 0 Å². The van der Waals surface area contributed by atoms with Gasteiger partial charge in [0.25, 0.3) is 0 Å². The number of aliphatic hydroxyl groups is 1. The number of aliphatic hydroxyl groups excluding tert-OH is 1. The first-order chi connectivity index (χ1) is 6.63. The average Bonchev–Trinajstić information content (AvgIpc) is 2.15. The molecule has 2 N–H and O–H groups in total. The Morgan fingerprint density at radius 1 is 1.21 bits per heavy atom. The van der Waals surface area contributed by atoms with Crippen LogP contribution in [0.1, 0.15) is 46.5 Å². The summed E-state index contributed by atoms with van der Waals surface area (Å²) >= 11 is 0. The molecule has 0 amide bonds. The van der Waals surface area contributed by atoms with Gasteiger partial charge in [-0.25, -0.2) is 0 Å². The summed E-state index contributed by atoms with van der Waals surface area (Å²) in [5.41, 5.74) is 0. The number of hydrogen-bond donors (Lipinski definition) is 2. The van der Waals surface area contributed by atoms with Crippen molar-refractivity contribution in [3.8, 4) is 0 Å². The summed E-state index contributed by atoms with van der Waals surface area (Å²) in [6.45, 7) is 6.92. The molecule has 1 aliphatic carbocycles. The van der Waals surface area contributed by atoms with Crippen molar-refractivity contribution in [2.45, 2.75) is 58.5 Å². The van der Waals surface area contributed by atoms with Gasteiger partial charge in [-0.2, -0.15) is 0 Å². The fourth-order valence-electron chi connectivity index (χ4n) is 2.45. The molecule has 0 aromatic heterocycles. The molecule has 84 valence electrons. The lowest BCUT2D eigenvalue weighted by atomic mass is 9.79. The third-order valence-electron chi connectivity index (χ3n) is 3.37. The second-order valence-corrected chi connectivity index (χ2v) is 5.13. The zero-order chi connectivity index (χ0) is 10.6. The van der Waals surface area contributed by atoms with E-state index in [9.17, 15) is 5.11 Å². The van der Waals surface area contributed by atoms with Gasteiger partial charge in [0.1, 0.15) is 0 Å². The molecule has 0 aromatic carbocycles. The van der Waals surface area contributed by atoms with E-state index in [2.05, 4.69) is 26.1 Å². The van der Waals surface area contributed by atoms with Crippen LogP contribution < -0.4 is 5.32 Å². The Labute approximate surface area is 88.1 Å². The summed E-state index contributed by atoms with van der Waals surface area (Å²) in [6, 6.07) is 0.800. The van der Waals surface area contributed by atoms with Crippen molar-refractivity contribution in [3.05, 3.63) is 0 Å². The van der Waals surface area contributed by atoms with E-state index in [1.165, 1.54) is 25.7 Å². The Morgan fingerprint density at radius 2 is 1.79 bits per heavy atom. The monoisotopic (exact) mass is 199 g/mol. The summed E-state index contributed by atoms with van der Waals surface area (Å²) in [4.78, 5) is 0. The van der Waals surface area contributed by atoms with E-state index in [4.69, 9.17) is 0 Å². The molecule has 1 saturated carbocycles. The fraction of sp³-hybridized carbons (Fsp3) is 1.00. The SMILES string of the molecule is CC1CCC(C(CO)NC(C)C)CC1. The lowest BCUT2D eigenvalue weighted by Gasteiger charge is -2.33. The van der Waals surface area contributed by atoms with Gasteiger partial charge in [0, 0.05) is 12.1 Å². The van der Waals surface area contributed by atoms with Gasteiger partial charge in [0.15, 0.2) is 0 Å². The van der Waals surface area contributed by atoms with Crippen LogP contribution in [0.15, 0.2) is 0 Å². The Morgan fingerprint density at radius 3 is 2.21 bits per heavy atom. The van der Waals surface area contributed by atoms with Gasteiger partial charge in [0.05, 0.1) is 6.61 Å². The van der Waals surface area contributed by atoms with Gasteiger partial charge in [-0.1, -0.05) is 33.6 Å². The van der Waals surface area contributed by atoms with Crippen molar-refractivity contribution in [1.29, 1.82) is 0 Å². The molecule has 1 aliphatic rings. The Kier molecular flexibility index (Phi) is 4.90. The molecular formula is C12H25NO. The van der Waals surface area contributed by atoms with Crippen molar-refractivity contribution in [1.82, 2.24) is 5.32 Å². The summed E-state index contributed by atoms with van der Waals surface area (Å²) in [7, 11) is 0. The zero-order valence-electron chi connectivity index (χ0n) is 9.79. The minimum Gasteiger partial charge on any atom is -0.395 e. The highest BCUT2D eigenvalue weighted by Crippen LogP contribution is 2.30. The summed E-state index contributed by atoms with van der Waals surface area (Å²) in [5, 5.41) is 12.8. The van der Waals surface area contributed by atoms with Crippen molar-refractivity contribution in [2.24, 2.45) is 11.8 Å². The second-order valence-electron chi connectivity index (χ2n) is 5.13. The van der Waals surface area contributed by atoms with Crippen LogP contribution in [-0.4, -0.2) is 23.8 Å². The highest BCUT2D eigenvalue weighted by molar-refractivity contribution is 4.81. The maximum Gasteiger partial charge on any atom is 0.0587 e. The molecule has 0 saturated heterocycles. The minimum absolute atomic E-state index is 0.289. The molecule has 1 rings (SSSR count). The molecule has 2 heteroatoms. The first kappa shape index (κ1) is 12.0. The maximum absolute atomic E-state index is 9.33. The Balaban J connectivity index is 2.36.